The van der Waals surface area contributed by atoms with Gasteiger partial charge in [0.1, 0.15) is 0 Å². The lowest BCUT2D eigenvalue weighted by atomic mass is 10.1. The highest BCUT2D eigenvalue weighted by Gasteiger charge is 2.14. The van der Waals surface area contributed by atoms with Crippen molar-refractivity contribution in [1.29, 1.82) is 0 Å². The second-order valence-electron chi connectivity index (χ2n) is 3.89. The van der Waals surface area contributed by atoms with Gasteiger partial charge in [-0.1, -0.05) is 12.1 Å². The molecule has 0 saturated heterocycles. The topological polar surface area (TPSA) is 49.5 Å². The molecule has 17 heavy (non-hydrogen) atoms. The van der Waals surface area contributed by atoms with Crippen molar-refractivity contribution in [2.45, 2.75) is 19.9 Å². The summed E-state index contributed by atoms with van der Waals surface area (Å²) in [6.45, 7) is 1.96. The van der Waals surface area contributed by atoms with Gasteiger partial charge in [0.05, 0.1) is 13.2 Å². The van der Waals surface area contributed by atoms with E-state index in [-0.39, 0.29) is 19.7 Å². The SMILES string of the molecule is Cc1cc(CN)ccc1N(CCO)CC(F)F. The van der Waals surface area contributed by atoms with Gasteiger partial charge >= 0.3 is 0 Å². The second-order valence-corrected chi connectivity index (χ2v) is 3.89. The smallest absolute Gasteiger partial charge is 0.255 e. The molecule has 3 nitrogen and oxygen atoms in total. The van der Waals surface area contributed by atoms with E-state index in [4.69, 9.17) is 10.8 Å². The number of halogens is 2. The largest absolute Gasteiger partial charge is 0.395 e. The highest BCUT2D eigenvalue weighted by Crippen LogP contribution is 2.21. The fourth-order valence-corrected chi connectivity index (χ4v) is 1.80. The maximum Gasteiger partial charge on any atom is 0.255 e. The van der Waals surface area contributed by atoms with Crippen LogP contribution < -0.4 is 10.6 Å². The predicted molar refractivity (Wildman–Crippen MR) is 64.4 cm³/mol. The number of benzene rings is 1. The molecule has 1 aromatic carbocycles. The Bertz CT molecular complexity index is 358. The number of anilines is 1. The summed E-state index contributed by atoms with van der Waals surface area (Å²) in [4.78, 5) is 1.49. The summed E-state index contributed by atoms with van der Waals surface area (Å²) in [5, 5.41) is 8.90. The fraction of sp³-hybridized carbons (Fsp3) is 0.500. The average Bonchev–Trinajstić information content (AvgIpc) is 2.27. The molecule has 0 radical (unpaired) electrons. The highest BCUT2D eigenvalue weighted by molar-refractivity contribution is 5.54. The van der Waals surface area contributed by atoms with Crippen LogP contribution in [-0.2, 0) is 6.54 Å². The first-order valence-corrected chi connectivity index (χ1v) is 5.52. The minimum absolute atomic E-state index is 0.148. The number of nitrogens with zero attached hydrogens (tertiary/aromatic N) is 1. The van der Waals surface area contributed by atoms with Crippen molar-refractivity contribution < 1.29 is 13.9 Å². The van der Waals surface area contributed by atoms with Crippen LogP contribution in [0.15, 0.2) is 18.2 Å². The van der Waals surface area contributed by atoms with Crippen molar-refractivity contribution in [2.24, 2.45) is 5.73 Å². The zero-order chi connectivity index (χ0) is 12.8. The molecule has 0 amide bonds. The number of hydrogen-bond acceptors (Lipinski definition) is 3. The first-order chi connectivity index (χ1) is 8.08. The van der Waals surface area contributed by atoms with Crippen LogP contribution in [0.4, 0.5) is 14.5 Å². The Kier molecular flexibility index (Phi) is 5.31. The van der Waals surface area contributed by atoms with Gasteiger partial charge < -0.3 is 15.7 Å². The van der Waals surface area contributed by atoms with Crippen LogP contribution in [0.2, 0.25) is 0 Å². The molecule has 0 aliphatic carbocycles. The zero-order valence-corrected chi connectivity index (χ0v) is 9.87. The summed E-state index contributed by atoms with van der Waals surface area (Å²) < 4.78 is 24.9. The van der Waals surface area contributed by atoms with Gasteiger partial charge in [-0.15, -0.1) is 0 Å². The van der Waals surface area contributed by atoms with Crippen LogP contribution in [0.5, 0.6) is 0 Å². The summed E-state index contributed by atoms with van der Waals surface area (Å²) >= 11 is 0. The molecular formula is C12H18F2N2O. The standard InChI is InChI=1S/C12H18F2N2O/c1-9-6-10(7-15)2-3-11(9)16(4-5-17)8-12(13)14/h2-3,6,12,17H,4-5,7-8,15H2,1H3. The Labute approximate surface area is 99.8 Å². The van der Waals surface area contributed by atoms with Crippen molar-refractivity contribution in [3.63, 3.8) is 0 Å². The third-order valence-electron chi connectivity index (χ3n) is 2.57. The van der Waals surface area contributed by atoms with E-state index in [0.717, 1.165) is 16.8 Å². The molecule has 0 fully saturated rings. The van der Waals surface area contributed by atoms with Gasteiger partial charge in [-0.05, 0) is 24.1 Å². The zero-order valence-electron chi connectivity index (χ0n) is 9.87. The van der Waals surface area contributed by atoms with Crippen molar-refractivity contribution >= 4 is 5.69 Å². The molecule has 3 N–H and O–H groups in total. The molecule has 1 aromatic rings. The molecule has 96 valence electrons. The van der Waals surface area contributed by atoms with Crippen LogP contribution in [-0.4, -0.2) is 31.2 Å². The van der Waals surface area contributed by atoms with E-state index in [0.29, 0.717) is 6.54 Å². The fourth-order valence-electron chi connectivity index (χ4n) is 1.80. The number of aliphatic hydroxyl groups is 1. The van der Waals surface area contributed by atoms with E-state index in [2.05, 4.69) is 0 Å². The molecule has 0 heterocycles. The summed E-state index contributed by atoms with van der Waals surface area (Å²) in [6.07, 6.45) is -2.42. The molecule has 0 aliphatic heterocycles. The normalized spacial score (nSPS) is 10.9. The maximum atomic E-state index is 12.4. The van der Waals surface area contributed by atoms with E-state index in [1.807, 2.05) is 19.1 Å². The quantitative estimate of drug-likeness (QED) is 0.797. The van der Waals surface area contributed by atoms with Crippen LogP contribution in [0.25, 0.3) is 0 Å². The Morgan fingerprint density at radius 2 is 2.12 bits per heavy atom. The van der Waals surface area contributed by atoms with Gasteiger partial charge in [0, 0.05) is 18.8 Å². The molecule has 0 spiro atoms. The van der Waals surface area contributed by atoms with Crippen molar-refractivity contribution in [2.75, 3.05) is 24.6 Å². The molecule has 0 aromatic heterocycles. The van der Waals surface area contributed by atoms with Gasteiger partial charge in [0.25, 0.3) is 6.43 Å². The molecule has 0 saturated carbocycles. The molecular weight excluding hydrogens is 226 g/mol. The van der Waals surface area contributed by atoms with Gasteiger partial charge in [-0.2, -0.15) is 0 Å². The summed E-state index contributed by atoms with van der Waals surface area (Å²) in [7, 11) is 0. The lowest BCUT2D eigenvalue weighted by Gasteiger charge is -2.25. The summed E-state index contributed by atoms with van der Waals surface area (Å²) in [5.41, 5.74) is 8.09. The van der Waals surface area contributed by atoms with E-state index in [1.54, 1.807) is 6.07 Å². The van der Waals surface area contributed by atoms with Gasteiger partial charge in [0.2, 0.25) is 0 Å². The Balaban J connectivity index is 2.93. The van der Waals surface area contributed by atoms with Crippen molar-refractivity contribution in [1.82, 2.24) is 0 Å². The maximum absolute atomic E-state index is 12.4. The number of alkyl halides is 2. The number of rotatable bonds is 6. The third-order valence-corrected chi connectivity index (χ3v) is 2.57. The number of aryl methyl sites for hydroxylation is 1. The molecule has 5 heteroatoms. The first-order valence-electron chi connectivity index (χ1n) is 5.52. The highest BCUT2D eigenvalue weighted by atomic mass is 19.3. The second kappa shape index (κ2) is 6.51. The molecule has 0 atom stereocenters. The van der Waals surface area contributed by atoms with Crippen LogP contribution in [0.1, 0.15) is 11.1 Å². The molecule has 0 aliphatic rings. The average molecular weight is 244 g/mol. The molecule has 0 unspecified atom stereocenters. The van der Waals surface area contributed by atoms with Crippen LogP contribution in [0, 0.1) is 6.92 Å². The predicted octanol–water partition coefficient (Wildman–Crippen LogP) is 1.52. The minimum Gasteiger partial charge on any atom is -0.395 e. The summed E-state index contributed by atoms with van der Waals surface area (Å²) in [6, 6.07) is 5.47. The van der Waals surface area contributed by atoms with Crippen LogP contribution >= 0.6 is 0 Å². The Hall–Kier alpha value is -1.20. The number of hydrogen-bond donors (Lipinski definition) is 2. The third kappa shape index (κ3) is 3.94. The van der Waals surface area contributed by atoms with Crippen LogP contribution in [0.3, 0.4) is 0 Å². The molecule has 0 bridgehead atoms. The molecule has 1 rings (SSSR count). The van der Waals surface area contributed by atoms with Gasteiger partial charge in [0.15, 0.2) is 0 Å². The monoisotopic (exact) mass is 244 g/mol. The Morgan fingerprint density at radius 1 is 1.41 bits per heavy atom. The lowest BCUT2D eigenvalue weighted by Crippen LogP contribution is -2.32. The van der Waals surface area contributed by atoms with E-state index >= 15 is 0 Å². The number of nitrogens with two attached hydrogens (primary N) is 1. The van der Waals surface area contributed by atoms with Gasteiger partial charge in [-0.25, -0.2) is 8.78 Å². The van der Waals surface area contributed by atoms with E-state index in [1.165, 1.54) is 4.90 Å². The van der Waals surface area contributed by atoms with Gasteiger partial charge in [-0.3, -0.25) is 0 Å². The van der Waals surface area contributed by atoms with E-state index < -0.39 is 6.43 Å². The van der Waals surface area contributed by atoms with Crippen molar-refractivity contribution in [3.8, 4) is 0 Å². The first kappa shape index (κ1) is 13.9. The van der Waals surface area contributed by atoms with Crippen molar-refractivity contribution in [3.05, 3.63) is 29.3 Å². The summed E-state index contributed by atoms with van der Waals surface area (Å²) in [5.74, 6) is 0. The minimum atomic E-state index is -2.42. The Morgan fingerprint density at radius 3 is 2.59 bits per heavy atom. The lowest BCUT2D eigenvalue weighted by molar-refractivity contribution is 0.153. The number of aliphatic hydroxyl groups excluding tert-OH is 1. The van der Waals surface area contributed by atoms with E-state index in [9.17, 15) is 8.78 Å².